The molecule has 4 rings (SSSR count). The summed E-state index contributed by atoms with van der Waals surface area (Å²) in [5, 5.41) is 0. The second kappa shape index (κ2) is 11.3. The van der Waals surface area contributed by atoms with Crippen LogP contribution < -0.4 is 0 Å². The van der Waals surface area contributed by atoms with Crippen LogP contribution in [0.3, 0.4) is 0 Å². The highest BCUT2D eigenvalue weighted by atomic mass is 16.6. The van der Waals surface area contributed by atoms with E-state index in [1.807, 2.05) is 0 Å². The number of hydrogen-bond acceptors (Lipinski definition) is 2. The van der Waals surface area contributed by atoms with Crippen LogP contribution in [-0.4, -0.2) is 19.3 Å². The van der Waals surface area contributed by atoms with Crippen molar-refractivity contribution in [1.29, 1.82) is 0 Å². The number of ether oxygens (including phenoxy) is 2. The minimum Gasteiger partial charge on any atom is -0.373 e. The molecule has 1 aliphatic carbocycles. The van der Waals surface area contributed by atoms with Crippen molar-refractivity contribution in [2.24, 2.45) is 5.92 Å². The number of hydrogen-bond donors (Lipinski definition) is 0. The second-order valence-electron chi connectivity index (χ2n) is 9.64. The summed E-state index contributed by atoms with van der Waals surface area (Å²) in [4.78, 5) is 0. The van der Waals surface area contributed by atoms with Crippen LogP contribution >= 0.6 is 0 Å². The quantitative estimate of drug-likeness (QED) is 0.402. The first kappa shape index (κ1) is 22.6. The van der Waals surface area contributed by atoms with E-state index in [4.69, 9.17) is 9.47 Å². The van der Waals surface area contributed by atoms with Gasteiger partial charge in [0.1, 0.15) is 6.10 Å². The van der Waals surface area contributed by atoms with E-state index in [0.29, 0.717) is 13.2 Å². The van der Waals surface area contributed by atoms with Crippen LogP contribution in [0.15, 0.2) is 48.5 Å². The Hall–Kier alpha value is -1.64. The van der Waals surface area contributed by atoms with Gasteiger partial charge in [0, 0.05) is 0 Å². The maximum absolute atomic E-state index is 6.01. The standard InChI is InChI=1S/C29H40O2/c1-3-5-6-7-22-8-10-23(11-9-22)24-12-14-25(15-13-24)26-16-18-27(19-17-26)29-21-30-28(4-2)20-31-29/h12-19,22-23,28-29H,3-11,20-21H2,1-2H3. The van der Waals surface area contributed by atoms with Crippen LogP contribution in [0.1, 0.15) is 94.8 Å². The van der Waals surface area contributed by atoms with Gasteiger partial charge in [-0.25, -0.2) is 0 Å². The van der Waals surface area contributed by atoms with Crippen LogP contribution in [0.5, 0.6) is 0 Å². The summed E-state index contributed by atoms with van der Waals surface area (Å²) in [5.41, 5.74) is 5.32. The van der Waals surface area contributed by atoms with Crippen molar-refractivity contribution in [1.82, 2.24) is 0 Å². The van der Waals surface area contributed by atoms with Gasteiger partial charge >= 0.3 is 0 Å². The maximum atomic E-state index is 6.01. The predicted octanol–water partition coefficient (Wildman–Crippen LogP) is 8.07. The zero-order valence-corrected chi connectivity index (χ0v) is 19.5. The Morgan fingerprint density at radius 1 is 0.710 bits per heavy atom. The molecule has 1 saturated carbocycles. The van der Waals surface area contributed by atoms with Crippen LogP contribution in [0, 0.1) is 5.92 Å². The Bertz CT molecular complexity index is 763. The predicted molar refractivity (Wildman–Crippen MR) is 129 cm³/mol. The van der Waals surface area contributed by atoms with E-state index in [9.17, 15) is 0 Å². The summed E-state index contributed by atoms with van der Waals surface area (Å²) in [5.74, 6) is 1.74. The molecule has 0 amide bonds. The third kappa shape index (κ3) is 5.99. The Morgan fingerprint density at radius 2 is 1.35 bits per heavy atom. The molecular weight excluding hydrogens is 380 g/mol. The first-order valence-electron chi connectivity index (χ1n) is 12.7. The van der Waals surface area contributed by atoms with Crippen molar-refractivity contribution in [3.8, 4) is 11.1 Å². The fraction of sp³-hybridized carbons (Fsp3) is 0.586. The van der Waals surface area contributed by atoms with Gasteiger partial charge in [-0.05, 0) is 66.2 Å². The zero-order chi connectivity index (χ0) is 21.5. The van der Waals surface area contributed by atoms with Crippen LogP contribution in [0.4, 0.5) is 0 Å². The smallest absolute Gasteiger partial charge is 0.106 e. The van der Waals surface area contributed by atoms with Gasteiger partial charge in [-0.1, -0.05) is 88.1 Å². The molecule has 2 nitrogen and oxygen atoms in total. The van der Waals surface area contributed by atoms with Gasteiger partial charge in [0.15, 0.2) is 0 Å². The van der Waals surface area contributed by atoms with Crippen LogP contribution in [-0.2, 0) is 9.47 Å². The lowest BCUT2D eigenvalue weighted by molar-refractivity contribution is -0.135. The molecule has 0 bridgehead atoms. The zero-order valence-electron chi connectivity index (χ0n) is 19.5. The fourth-order valence-corrected chi connectivity index (χ4v) is 5.28. The van der Waals surface area contributed by atoms with Crippen LogP contribution in [0.25, 0.3) is 11.1 Å². The average molecular weight is 421 g/mol. The molecule has 0 radical (unpaired) electrons. The molecule has 1 aliphatic heterocycles. The topological polar surface area (TPSA) is 18.5 Å². The van der Waals surface area contributed by atoms with Gasteiger partial charge in [-0.15, -0.1) is 0 Å². The molecule has 168 valence electrons. The van der Waals surface area contributed by atoms with E-state index < -0.39 is 0 Å². The summed E-state index contributed by atoms with van der Waals surface area (Å²) >= 11 is 0. The van der Waals surface area contributed by atoms with E-state index >= 15 is 0 Å². The summed E-state index contributed by atoms with van der Waals surface area (Å²) < 4.78 is 11.9. The van der Waals surface area contributed by atoms with Gasteiger partial charge in [-0.2, -0.15) is 0 Å². The highest BCUT2D eigenvalue weighted by Crippen LogP contribution is 2.38. The lowest BCUT2D eigenvalue weighted by Gasteiger charge is -2.29. The van der Waals surface area contributed by atoms with Crippen LogP contribution in [0.2, 0.25) is 0 Å². The molecule has 2 aromatic rings. The maximum Gasteiger partial charge on any atom is 0.106 e. The molecule has 31 heavy (non-hydrogen) atoms. The normalized spacial score (nSPS) is 26.6. The third-order valence-electron chi connectivity index (χ3n) is 7.48. The molecule has 2 aromatic carbocycles. The van der Waals surface area contributed by atoms with E-state index in [1.165, 1.54) is 73.6 Å². The highest BCUT2D eigenvalue weighted by molar-refractivity contribution is 5.64. The molecule has 2 atom stereocenters. The highest BCUT2D eigenvalue weighted by Gasteiger charge is 2.23. The van der Waals surface area contributed by atoms with Gasteiger partial charge in [0.2, 0.25) is 0 Å². The SMILES string of the molecule is CCCCCC1CCC(c2ccc(-c3ccc(C4COC(CC)CO4)cc3)cc2)CC1. The van der Waals surface area contributed by atoms with Crippen molar-refractivity contribution in [2.45, 2.75) is 89.8 Å². The Morgan fingerprint density at radius 3 is 1.90 bits per heavy atom. The molecular formula is C29H40O2. The van der Waals surface area contributed by atoms with Crippen molar-refractivity contribution >= 4 is 0 Å². The van der Waals surface area contributed by atoms with E-state index in [-0.39, 0.29) is 12.2 Å². The lowest BCUT2D eigenvalue weighted by atomic mass is 9.77. The van der Waals surface area contributed by atoms with E-state index in [2.05, 4.69) is 62.4 Å². The van der Waals surface area contributed by atoms with Gasteiger partial charge in [0.25, 0.3) is 0 Å². The van der Waals surface area contributed by atoms with Crippen molar-refractivity contribution < 1.29 is 9.47 Å². The summed E-state index contributed by atoms with van der Waals surface area (Å²) in [6.07, 6.45) is 12.5. The Kier molecular flexibility index (Phi) is 8.21. The minimum absolute atomic E-state index is 0.0660. The third-order valence-corrected chi connectivity index (χ3v) is 7.48. The number of rotatable bonds is 8. The molecule has 2 heteroatoms. The molecule has 0 N–H and O–H groups in total. The molecule has 0 spiro atoms. The number of unbranched alkanes of at least 4 members (excludes halogenated alkanes) is 2. The van der Waals surface area contributed by atoms with E-state index in [1.54, 1.807) is 0 Å². The average Bonchev–Trinajstić information content (AvgIpc) is 2.85. The Balaban J connectivity index is 1.30. The monoisotopic (exact) mass is 420 g/mol. The van der Waals surface area contributed by atoms with Gasteiger partial charge in [-0.3, -0.25) is 0 Å². The van der Waals surface area contributed by atoms with Gasteiger partial charge in [0.05, 0.1) is 19.3 Å². The summed E-state index contributed by atoms with van der Waals surface area (Å²) in [6.45, 7) is 5.81. The molecule has 1 saturated heterocycles. The molecule has 1 heterocycles. The first-order valence-corrected chi connectivity index (χ1v) is 12.7. The van der Waals surface area contributed by atoms with Crippen molar-refractivity contribution in [2.75, 3.05) is 13.2 Å². The largest absolute Gasteiger partial charge is 0.373 e. The van der Waals surface area contributed by atoms with Crippen molar-refractivity contribution in [3.05, 3.63) is 59.7 Å². The second-order valence-corrected chi connectivity index (χ2v) is 9.64. The lowest BCUT2D eigenvalue weighted by Crippen LogP contribution is -2.30. The molecule has 2 fully saturated rings. The fourth-order valence-electron chi connectivity index (χ4n) is 5.28. The minimum atomic E-state index is 0.0660. The van der Waals surface area contributed by atoms with Gasteiger partial charge < -0.3 is 9.47 Å². The molecule has 0 aromatic heterocycles. The Labute approximate surface area is 189 Å². The molecule has 2 unspecified atom stereocenters. The number of benzene rings is 2. The first-order chi connectivity index (χ1) is 15.3. The summed E-state index contributed by atoms with van der Waals surface area (Å²) in [7, 11) is 0. The van der Waals surface area contributed by atoms with Crippen molar-refractivity contribution in [3.63, 3.8) is 0 Å². The summed E-state index contributed by atoms with van der Waals surface area (Å²) in [6, 6.07) is 18.2. The molecule has 2 aliphatic rings. The van der Waals surface area contributed by atoms with E-state index in [0.717, 1.165) is 18.3 Å².